The Labute approximate surface area is 115 Å². The van der Waals surface area contributed by atoms with Crippen LogP contribution in [0.1, 0.15) is 6.92 Å². The molecule has 0 fully saturated rings. The molecule has 3 unspecified atom stereocenters. The maximum Gasteiger partial charge on any atom is 0.334 e. The van der Waals surface area contributed by atoms with Crippen LogP contribution in [0.3, 0.4) is 0 Å². The number of rotatable bonds is 4. The summed E-state index contributed by atoms with van der Waals surface area (Å²) in [6.45, 7) is 1.29. The first-order chi connectivity index (χ1) is 9.49. The number of carboxylic acid groups (broad SMARTS) is 1. The van der Waals surface area contributed by atoms with Crippen LogP contribution in [-0.4, -0.2) is 46.9 Å². The van der Waals surface area contributed by atoms with Crippen LogP contribution in [0.5, 0.6) is 11.5 Å². The lowest BCUT2D eigenvalue weighted by Gasteiger charge is -2.31. The van der Waals surface area contributed by atoms with E-state index >= 15 is 0 Å². The smallest absolute Gasteiger partial charge is 0.334 e. The van der Waals surface area contributed by atoms with Crippen molar-refractivity contribution in [1.29, 1.82) is 0 Å². The summed E-state index contributed by atoms with van der Waals surface area (Å²) in [4.78, 5) is 22.4. The number of amides is 1. The highest BCUT2D eigenvalue weighted by Crippen LogP contribution is 2.33. The lowest BCUT2D eigenvalue weighted by molar-refractivity contribution is -0.146. The fraction of sp³-hybridized carbons (Fsp3) is 0.385. The largest absolute Gasteiger partial charge is 0.482 e. The van der Waals surface area contributed by atoms with Crippen molar-refractivity contribution in [3.8, 4) is 11.5 Å². The van der Waals surface area contributed by atoms with Crippen molar-refractivity contribution in [2.75, 3.05) is 6.54 Å². The number of aliphatic hydroxyl groups excluding tert-OH is 1. The average Bonchev–Trinajstić information content (AvgIpc) is 2.43. The molecule has 0 aromatic heterocycles. The molecule has 7 nitrogen and oxygen atoms in total. The predicted molar refractivity (Wildman–Crippen MR) is 67.6 cm³/mol. The zero-order valence-electron chi connectivity index (χ0n) is 10.8. The normalized spacial score (nSPS) is 21.9. The summed E-state index contributed by atoms with van der Waals surface area (Å²) in [5.74, 6) is -0.934. The van der Waals surface area contributed by atoms with Gasteiger partial charge < -0.3 is 25.0 Å². The first-order valence-corrected chi connectivity index (χ1v) is 6.10. The van der Waals surface area contributed by atoms with Crippen molar-refractivity contribution in [3.05, 3.63) is 24.3 Å². The highest BCUT2D eigenvalue weighted by molar-refractivity contribution is 5.83. The molecule has 0 radical (unpaired) electrons. The third-order valence-corrected chi connectivity index (χ3v) is 2.86. The SMILES string of the molecule is CC1Oc2ccccc2OC1C(=O)NCC(O)C(=O)O. The molecule has 0 aliphatic carbocycles. The maximum absolute atomic E-state index is 11.9. The number of benzene rings is 1. The molecule has 0 saturated heterocycles. The van der Waals surface area contributed by atoms with E-state index in [1.54, 1.807) is 31.2 Å². The number of carbonyl (C=O) groups is 2. The van der Waals surface area contributed by atoms with Crippen molar-refractivity contribution in [3.63, 3.8) is 0 Å². The third kappa shape index (κ3) is 3.00. The van der Waals surface area contributed by atoms with Gasteiger partial charge in [0.05, 0.1) is 6.54 Å². The summed E-state index contributed by atoms with van der Waals surface area (Å²) < 4.78 is 11.1. The fourth-order valence-electron chi connectivity index (χ4n) is 1.79. The van der Waals surface area contributed by atoms with Gasteiger partial charge in [-0.05, 0) is 19.1 Å². The number of fused-ring (bicyclic) bond motifs is 1. The van der Waals surface area contributed by atoms with E-state index in [1.165, 1.54) is 0 Å². The molecule has 3 N–H and O–H groups in total. The van der Waals surface area contributed by atoms with Gasteiger partial charge in [-0.15, -0.1) is 0 Å². The van der Waals surface area contributed by atoms with E-state index in [0.717, 1.165) is 0 Å². The van der Waals surface area contributed by atoms with Gasteiger partial charge in [0.1, 0.15) is 6.10 Å². The van der Waals surface area contributed by atoms with Gasteiger partial charge in [-0.1, -0.05) is 12.1 Å². The number of nitrogens with one attached hydrogen (secondary N) is 1. The Balaban J connectivity index is 1.99. The molecule has 1 heterocycles. The zero-order chi connectivity index (χ0) is 14.7. The van der Waals surface area contributed by atoms with E-state index in [1.807, 2.05) is 0 Å². The van der Waals surface area contributed by atoms with E-state index in [4.69, 9.17) is 19.7 Å². The van der Waals surface area contributed by atoms with E-state index in [-0.39, 0.29) is 6.54 Å². The summed E-state index contributed by atoms with van der Waals surface area (Å²) >= 11 is 0. The highest BCUT2D eigenvalue weighted by Gasteiger charge is 2.34. The first kappa shape index (κ1) is 14.1. The highest BCUT2D eigenvalue weighted by atomic mass is 16.6. The lowest BCUT2D eigenvalue weighted by Crippen LogP contribution is -2.51. The van der Waals surface area contributed by atoms with Crippen molar-refractivity contribution in [2.24, 2.45) is 0 Å². The molecule has 20 heavy (non-hydrogen) atoms. The van der Waals surface area contributed by atoms with E-state index in [9.17, 15) is 9.59 Å². The Bertz CT molecular complexity index is 517. The Morgan fingerprint density at radius 3 is 2.50 bits per heavy atom. The lowest BCUT2D eigenvalue weighted by atomic mass is 10.1. The first-order valence-electron chi connectivity index (χ1n) is 6.10. The number of aliphatic hydroxyl groups is 1. The van der Waals surface area contributed by atoms with E-state index in [0.29, 0.717) is 11.5 Å². The molecule has 0 saturated carbocycles. The third-order valence-electron chi connectivity index (χ3n) is 2.86. The molecule has 0 bridgehead atoms. The molecule has 1 aliphatic heterocycles. The molecule has 7 heteroatoms. The Hall–Kier alpha value is -2.28. The minimum absolute atomic E-state index is 0.387. The molecule has 1 aromatic rings. The minimum Gasteiger partial charge on any atom is -0.482 e. The van der Waals surface area contributed by atoms with Crippen LogP contribution in [0, 0.1) is 0 Å². The Morgan fingerprint density at radius 2 is 1.90 bits per heavy atom. The monoisotopic (exact) mass is 281 g/mol. The fourth-order valence-corrected chi connectivity index (χ4v) is 1.79. The van der Waals surface area contributed by atoms with Crippen LogP contribution in [-0.2, 0) is 9.59 Å². The van der Waals surface area contributed by atoms with Gasteiger partial charge in [-0.25, -0.2) is 4.79 Å². The van der Waals surface area contributed by atoms with Gasteiger partial charge >= 0.3 is 5.97 Å². The van der Waals surface area contributed by atoms with Crippen LogP contribution in [0.4, 0.5) is 0 Å². The van der Waals surface area contributed by atoms with Gasteiger partial charge in [-0.3, -0.25) is 4.79 Å². The van der Waals surface area contributed by atoms with Crippen molar-refractivity contribution < 1.29 is 29.3 Å². The van der Waals surface area contributed by atoms with Gasteiger partial charge in [0, 0.05) is 0 Å². The molecule has 0 spiro atoms. The number of hydrogen-bond donors (Lipinski definition) is 3. The second-order valence-corrected chi connectivity index (χ2v) is 4.41. The van der Waals surface area contributed by atoms with Crippen LogP contribution >= 0.6 is 0 Å². The number of ether oxygens (including phenoxy) is 2. The maximum atomic E-state index is 11.9. The number of aliphatic carboxylic acids is 1. The van der Waals surface area contributed by atoms with Crippen LogP contribution in [0.15, 0.2) is 24.3 Å². The van der Waals surface area contributed by atoms with Gasteiger partial charge in [-0.2, -0.15) is 0 Å². The van der Waals surface area contributed by atoms with E-state index in [2.05, 4.69) is 5.32 Å². The minimum atomic E-state index is -1.65. The summed E-state index contributed by atoms with van der Waals surface area (Å²) in [6.07, 6.45) is -3.07. The standard InChI is InChI=1S/C13H15NO6/c1-7-11(12(16)14-6-8(15)13(17)18)20-10-5-3-2-4-9(10)19-7/h2-5,7-8,11,15H,6H2,1H3,(H,14,16)(H,17,18). The molecule has 1 aliphatic rings. The number of hydrogen-bond acceptors (Lipinski definition) is 5. The van der Waals surface area contributed by atoms with Crippen molar-refractivity contribution >= 4 is 11.9 Å². The molecule has 108 valence electrons. The van der Waals surface area contributed by atoms with Crippen LogP contribution < -0.4 is 14.8 Å². The Morgan fingerprint density at radius 1 is 1.30 bits per heavy atom. The predicted octanol–water partition coefficient (Wildman–Crippen LogP) is -0.223. The average molecular weight is 281 g/mol. The summed E-state index contributed by atoms with van der Waals surface area (Å²) in [5.41, 5.74) is 0. The summed E-state index contributed by atoms with van der Waals surface area (Å²) in [7, 11) is 0. The molecule has 2 rings (SSSR count). The van der Waals surface area contributed by atoms with Crippen LogP contribution in [0.25, 0.3) is 0 Å². The van der Waals surface area contributed by atoms with Crippen LogP contribution in [0.2, 0.25) is 0 Å². The summed E-state index contributed by atoms with van der Waals surface area (Å²) in [6, 6.07) is 6.95. The van der Waals surface area contributed by atoms with Crippen molar-refractivity contribution in [2.45, 2.75) is 25.2 Å². The second-order valence-electron chi connectivity index (χ2n) is 4.41. The van der Waals surface area contributed by atoms with Gasteiger partial charge in [0.25, 0.3) is 5.91 Å². The summed E-state index contributed by atoms with van der Waals surface area (Å²) in [5, 5.41) is 20.0. The zero-order valence-corrected chi connectivity index (χ0v) is 10.8. The number of carboxylic acids is 1. The van der Waals surface area contributed by atoms with Gasteiger partial charge in [0.15, 0.2) is 17.6 Å². The quantitative estimate of drug-likeness (QED) is 0.704. The molecular weight excluding hydrogens is 266 g/mol. The molecule has 1 amide bonds. The Kier molecular flexibility index (Phi) is 4.09. The second kappa shape index (κ2) is 5.79. The molecule has 3 atom stereocenters. The number of para-hydroxylation sites is 2. The number of carbonyl (C=O) groups excluding carboxylic acids is 1. The molecule has 1 aromatic carbocycles. The van der Waals surface area contributed by atoms with E-state index < -0.39 is 30.2 Å². The topological polar surface area (TPSA) is 105 Å². The molecular formula is C13H15NO6. The van der Waals surface area contributed by atoms with Crippen molar-refractivity contribution in [1.82, 2.24) is 5.32 Å². The van der Waals surface area contributed by atoms with Gasteiger partial charge in [0.2, 0.25) is 6.10 Å².